The molecule has 136 valence electrons. The quantitative estimate of drug-likeness (QED) is 0.858. The number of hydrogen-bond acceptors (Lipinski definition) is 5. The highest BCUT2D eigenvalue weighted by atomic mass is 16.2. The average molecular weight is 344 g/mol. The van der Waals surface area contributed by atoms with Crippen LogP contribution >= 0.6 is 0 Å². The Bertz CT molecular complexity index is 620. The molecule has 1 aromatic rings. The number of amides is 1. The van der Waals surface area contributed by atoms with E-state index in [-0.39, 0.29) is 5.91 Å². The lowest BCUT2D eigenvalue weighted by Gasteiger charge is -2.36. The van der Waals surface area contributed by atoms with Crippen molar-refractivity contribution in [1.82, 2.24) is 24.7 Å². The summed E-state index contributed by atoms with van der Waals surface area (Å²) in [5.41, 5.74) is -0.630. The summed E-state index contributed by atoms with van der Waals surface area (Å²) < 4.78 is 2.05. The second-order valence-corrected chi connectivity index (χ2v) is 7.31. The molecule has 1 amide bonds. The van der Waals surface area contributed by atoms with Crippen molar-refractivity contribution in [2.45, 2.75) is 44.2 Å². The van der Waals surface area contributed by atoms with Crippen molar-refractivity contribution in [1.29, 1.82) is 5.26 Å². The molecule has 0 spiro atoms. The van der Waals surface area contributed by atoms with E-state index in [2.05, 4.69) is 26.2 Å². The zero-order valence-electron chi connectivity index (χ0n) is 15.1. The number of aryl methyl sites for hydroxylation is 1. The lowest BCUT2D eigenvalue weighted by Crippen LogP contribution is -2.54. The third-order valence-electron chi connectivity index (χ3n) is 5.42. The molecule has 7 nitrogen and oxygen atoms in total. The Kier molecular flexibility index (Phi) is 5.71. The summed E-state index contributed by atoms with van der Waals surface area (Å²) in [5.74, 6) is 1.06. The molecule has 0 aromatic carbocycles. The number of rotatable bonds is 5. The molecule has 3 rings (SSSR count). The number of aromatic nitrogens is 2. The van der Waals surface area contributed by atoms with Gasteiger partial charge in [0.1, 0.15) is 11.4 Å². The minimum Gasteiger partial charge on any atom is -0.337 e. The maximum atomic E-state index is 12.4. The number of carbonyl (C=O) groups excluding carboxylic acids is 1. The Morgan fingerprint density at radius 1 is 1.24 bits per heavy atom. The number of imidazole rings is 1. The van der Waals surface area contributed by atoms with Gasteiger partial charge in [-0.1, -0.05) is 19.3 Å². The molecule has 1 saturated carbocycles. The Hall–Kier alpha value is -1.91. The van der Waals surface area contributed by atoms with Crippen molar-refractivity contribution < 1.29 is 4.79 Å². The molecule has 0 unspecified atom stereocenters. The monoisotopic (exact) mass is 344 g/mol. The fourth-order valence-electron chi connectivity index (χ4n) is 3.78. The summed E-state index contributed by atoms with van der Waals surface area (Å²) in [5, 5.41) is 12.5. The number of nitrogens with zero attached hydrogens (tertiary/aromatic N) is 5. The van der Waals surface area contributed by atoms with Crippen LogP contribution in [0.1, 0.15) is 37.9 Å². The van der Waals surface area contributed by atoms with Gasteiger partial charge in [0.05, 0.1) is 19.2 Å². The first-order chi connectivity index (χ1) is 12.1. The van der Waals surface area contributed by atoms with E-state index < -0.39 is 5.54 Å². The van der Waals surface area contributed by atoms with Gasteiger partial charge >= 0.3 is 0 Å². The largest absolute Gasteiger partial charge is 0.337 e. The normalized spacial score (nSPS) is 21.6. The molecule has 0 bridgehead atoms. The zero-order chi connectivity index (χ0) is 17.7. The van der Waals surface area contributed by atoms with E-state index in [0.29, 0.717) is 6.54 Å². The minimum atomic E-state index is -0.630. The van der Waals surface area contributed by atoms with Crippen molar-refractivity contribution in [3.63, 3.8) is 0 Å². The molecular formula is C18H28N6O. The Labute approximate surface area is 149 Å². The van der Waals surface area contributed by atoms with Crippen LogP contribution in [0.5, 0.6) is 0 Å². The maximum absolute atomic E-state index is 12.4. The van der Waals surface area contributed by atoms with E-state index in [1.54, 1.807) is 0 Å². The van der Waals surface area contributed by atoms with Crippen molar-refractivity contribution in [3.8, 4) is 6.07 Å². The third kappa shape index (κ3) is 4.59. The highest BCUT2D eigenvalue weighted by Crippen LogP contribution is 2.27. The van der Waals surface area contributed by atoms with Gasteiger partial charge in [0.15, 0.2) is 0 Å². The number of carbonyl (C=O) groups is 1. The van der Waals surface area contributed by atoms with Crippen LogP contribution in [-0.2, 0) is 18.4 Å². The molecule has 1 aromatic heterocycles. The molecule has 25 heavy (non-hydrogen) atoms. The standard InChI is InChI=1S/C18H28N6O/c1-22-8-7-20-16(22)13-23-9-11-24(12-10-23)14-17(25)21-18(15-19)5-3-2-4-6-18/h7-8H,2-6,9-14H2,1H3,(H,21,25). The summed E-state index contributed by atoms with van der Waals surface area (Å²) in [6.45, 7) is 4.85. The van der Waals surface area contributed by atoms with Gasteiger partial charge < -0.3 is 9.88 Å². The zero-order valence-corrected chi connectivity index (χ0v) is 15.1. The van der Waals surface area contributed by atoms with Crippen LogP contribution in [-0.4, -0.2) is 63.5 Å². The number of piperazine rings is 1. The predicted octanol–water partition coefficient (Wildman–Crippen LogP) is 0.880. The lowest BCUT2D eigenvalue weighted by atomic mass is 9.83. The molecule has 0 radical (unpaired) electrons. The van der Waals surface area contributed by atoms with Gasteiger partial charge in [-0.15, -0.1) is 0 Å². The van der Waals surface area contributed by atoms with Gasteiger partial charge in [-0.25, -0.2) is 4.98 Å². The minimum absolute atomic E-state index is 0.0130. The van der Waals surface area contributed by atoms with Crippen molar-refractivity contribution >= 4 is 5.91 Å². The third-order valence-corrected chi connectivity index (χ3v) is 5.42. The van der Waals surface area contributed by atoms with E-state index in [4.69, 9.17) is 0 Å². The molecule has 0 atom stereocenters. The topological polar surface area (TPSA) is 77.2 Å². The van der Waals surface area contributed by atoms with E-state index >= 15 is 0 Å². The maximum Gasteiger partial charge on any atom is 0.235 e. The highest BCUT2D eigenvalue weighted by Gasteiger charge is 2.34. The number of nitrogens with one attached hydrogen (secondary N) is 1. The number of hydrogen-bond donors (Lipinski definition) is 1. The summed E-state index contributed by atoms with van der Waals surface area (Å²) in [7, 11) is 2.01. The highest BCUT2D eigenvalue weighted by molar-refractivity contribution is 5.79. The molecule has 1 saturated heterocycles. The van der Waals surface area contributed by atoms with E-state index in [1.807, 2.05) is 24.0 Å². The summed E-state index contributed by atoms with van der Waals surface area (Å²) >= 11 is 0. The fraction of sp³-hybridized carbons (Fsp3) is 0.722. The van der Waals surface area contributed by atoms with Gasteiger partial charge in [0.2, 0.25) is 5.91 Å². The van der Waals surface area contributed by atoms with Crippen LogP contribution in [0.25, 0.3) is 0 Å². The number of nitriles is 1. The van der Waals surface area contributed by atoms with Crippen molar-refractivity contribution in [2.75, 3.05) is 32.7 Å². The molecule has 1 N–H and O–H groups in total. The molecule has 2 aliphatic rings. The SMILES string of the molecule is Cn1ccnc1CN1CCN(CC(=O)NC2(C#N)CCCCC2)CC1. The molecule has 7 heteroatoms. The Morgan fingerprint density at radius 2 is 1.92 bits per heavy atom. The van der Waals surface area contributed by atoms with Gasteiger partial charge in [0.25, 0.3) is 0 Å². The first-order valence-electron chi connectivity index (χ1n) is 9.23. The fourth-order valence-corrected chi connectivity index (χ4v) is 3.78. The van der Waals surface area contributed by atoms with Crippen LogP contribution in [0, 0.1) is 11.3 Å². The first kappa shape index (κ1) is 17.9. The molecule has 1 aliphatic carbocycles. The van der Waals surface area contributed by atoms with E-state index in [0.717, 1.165) is 70.7 Å². The summed E-state index contributed by atoms with van der Waals surface area (Å²) in [4.78, 5) is 21.3. The van der Waals surface area contributed by atoms with Crippen LogP contribution in [0.4, 0.5) is 0 Å². The Balaban J connectivity index is 1.43. The van der Waals surface area contributed by atoms with Gasteiger partial charge in [0, 0.05) is 45.6 Å². The summed E-state index contributed by atoms with van der Waals surface area (Å²) in [6, 6.07) is 2.35. The van der Waals surface area contributed by atoms with E-state index in [1.165, 1.54) is 0 Å². The van der Waals surface area contributed by atoms with Crippen molar-refractivity contribution in [3.05, 3.63) is 18.2 Å². The van der Waals surface area contributed by atoms with Gasteiger partial charge in [-0.3, -0.25) is 14.6 Å². The molecule has 2 fully saturated rings. The smallest absolute Gasteiger partial charge is 0.235 e. The Morgan fingerprint density at radius 3 is 2.52 bits per heavy atom. The first-order valence-corrected chi connectivity index (χ1v) is 9.23. The van der Waals surface area contributed by atoms with Crippen LogP contribution in [0.3, 0.4) is 0 Å². The second-order valence-electron chi connectivity index (χ2n) is 7.31. The molecule has 2 heterocycles. The summed E-state index contributed by atoms with van der Waals surface area (Å²) in [6.07, 6.45) is 8.58. The van der Waals surface area contributed by atoms with Crippen LogP contribution in [0.2, 0.25) is 0 Å². The van der Waals surface area contributed by atoms with Gasteiger partial charge in [-0.2, -0.15) is 5.26 Å². The molecule has 1 aliphatic heterocycles. The second kappa shape index (κ2) is 7.98. The molecular weight excluding hydrogens is 316 g/mol. The van der Waals surface area contributed by atoms with Crippen LogP contribution in [0.15, 0.2) is 12.4 Å². The van der Waals surface area contributed by atoms with Crippen LogP contribution < -0.4 is 5.32 Å². The predicted molar refractivity (Wildman–Crippen MR) is 94.5 cm³/mol. The van der Waals surface area contributed by atoms with Crippen molar-refractivity contribution in [2.24, 2.45) is 7.05 Å². The van der Waals surface area contributed by atoms with Gasteiger partial charge in [-0.05, 0) is 12.8 Å². The lowest BCUT2D eigenvalue weighted by molar-refractivity contribution is -0.124. The van der Waals surface area contributed by atoms with E-state index in [9.17, 15) is 10.1 Å². The average Bonchev–Trinajstić information content (AvgIpc) is 3.02.